The van der Waals surface area contributed by atoms with E-state index in [-0.39, 0.29) is 19.2 Å². The van der Waals surface area contributed by atoms with Crippen molar-refractivity contribution in [3.05, 3.63) is 0 Å². The second kappa shape index (κ2) is 4.49. The molecule has 0 heterocycles. The van der Waals surface area contributed by atoms with E-state index in [1.165, 1.54) is 0 Å². The summed E-state index contributed by atoms with van der Waals surface area (Å²) in [4.78, 5) is 11.3. The molecular weight excluding hydrogens is 196 g/mol. The van der Waals surface area contributed by atoms with E-state index >= 15 is 0 Å². The molecule has 1 saturated carbocycles. The average Bonchev–Trinajstić information content (AvgIpc) is 1.99. The molecule has 4 heteroatoms. The molecular formula is C11H20O4. The summed E-state index contributed by atoms with van der Waals surface area (Å²) in [6, 6.07) is 0. The number of hydrogen-bond acceptors (Lipinski definition) is 4. The van der Waals surface area contributed by atoms with Gasteiger partial charge in [0.1, 0.15) is 12.2 Å². The fourth-order valence-electron chi connectivity index (χ4n) is 1.50. The van der Waals surface area contributed by atoms with Crippen molar-refractivity contribution >= 4 is 5.97 Å². The molecule has 88 valence electrons. The van der Waals surface area contributed by atoms with Crippen LogP contribution in [0, 0.1) is 0 Å². The maximum atomic E-state index is 11.3. The first-order valence-corrected chi connectivity index (χ1v) is 5.34. The maximum absolute atomic E-state index is 11.3. The summed E-state index contributed by atoms with van der Waals surface area (Å²) in [5.74, 6) is -0.373. The average molecular weight is 216 g/mol. The van der Waals surface area contributed by atoms with Crippen LogP contribution < -0.4 is 0 Å². The first kappa shape index (κ1) is 12.5. The Hall–Kier alpha value is -0.610. The molecule has 4 nitrogen and oxygen atoms in total. The highest BCUT2D eigenvalue weighted by Crippen LogP contribution is 2.34. The third kappa shape index (κ3) is 3.80. The van der Waals surface area contributed by atoms with E-state index in [0.29, 0.717) is 0 Å². The Morgan fingerprint density at radius 3 is 2.33 bits per heavy atom. The molecule has 1 aliphatic carbocycles. The molecule has 0 spiro atoms. The Kier molecular flexibility index (Phi) is 3.73. The van der Waals surface area contributed by atoms with Gasteiger partial charge in [-0.15, -0.1) is 0 Å². The van der Waals surface area contributed by atoms with E-state index in [2.05, 4.69) is 0 Å². The minimum Gasteiger partial charge on any atom is -0.458 e. The maximum Gasteiger partial charge on any atom is 0.332 e. The Bertz CT molecular complexity index is 220. The van der Waals surface area contributed by atoms with Gasteiger partial charge >= 0.3 is 5.97 Å². The van der Waals surface area contributed by atoms with Crippen molar-refractivity contribution in [1.82, 2.24) is 0 Å². The van der Waals surface area contributed by atoms with Gasteiger partial charge < -0.3 is 14.6 Å². The Morgan fingerprint density at radius 2 is 2.00 bits per heavy atom. The van der Waals surface area contributed by atoms with E-state index in [1.807, 2.05) is 20.8 Å². The van der Waals surface area contributed by atoms with Gasteiger partial charge in [-0.1, -0.05) is 0 Å². The smallest absolute Gasteiger partial charge is 0.332 e. The number of aliphatic hydroxyl groups is 1. The van der Waals surface area contributed by atoms with Crippen LogP contribution in [0.5, 0.6) is 0 Å². The topological polar surface area (TPSA) is 55.8 Å². The standard InChI is InChI=1S/C11H20O4/c1-10(2,3)15-9(13)7-14-11(8-12)5-4-6-11/h12H,4-8H2,1-3H3. The minimum absolute atomic E-state index is 0.0181. The lowest BCUT2D eigenvalue weighted by Crippen LogP contribution is -2.45. The van der Waals surface area contributed by atoms with E-state index in [9.17, 15) is 4.79 Å². The number of rotatable bonds is 4. The summed E-state index contributed by atoms with van der Waals surface area (Å²) < 4.78 is 10.5. The highest BCUT2D eigenvalue weighted by molar-refractivity contribution is 5.71. The number of carbonyl (C=O) groups excluding carboxylic acids is 1. The van der Waals surface area contributed by atoms with Gasteiger partial charge in [0.2, 0.25) is 0 Å². The summed E-state index contributed by atoms with van der Waals surface area (Å²) in [5.41, 5.74) is -0.955. The summed E-state index contributed by atoms with van der Waals surface area (Å²) in [6.07, 6.45) is 2.70. The number of carbonyl (C=O) groups is 1. The Balaban J connectivity index is 2.27. The van der Waals surface area contributed by atoms with Gasteiger partial charge in [0.05, 0.1) is 12.2 Å². The predicted molar refractivity (Wildman–Crippen MR) is 55.5 cm³/mol. The highest BCUT2D eigenvalue weighted by atomic mass is 16.6. The first-order valence-electron chi connectivity index (χ1n) is 5.34. The molecule has 1 rings (SSSR count). The molecule has 0 bridgehead atoms. The summed E-state index contributed by atoms with van der Waals surface area (Å²) >= 11 is 0. The number of ether oxygens (including phenoxy) is 2. The summed E-state index contributed by atoms with van der Waals surface area (Å²) in [6.45, 7) is 5.36. The molecule has 0 atom stereocenters. The first-order chi connectivity index (χ1) is 6.87. The van der Waals surface area contributed by atoms with Crippen molar-refractivity contribution in [1.29, 1.82) is 0 Å². The van der Waals surface area contributed by atoms with E-state index < -0.39 is 11.2 Å². The fraction of sp³-hybridized carbons (Fsp3) is 0.909. The van der Waals surface area contributed by atoms with Crippen molar-refractivity contribution in [3.63, 3.8) is 0 Å². The van der Waals surface area contributed by atoms with Crippen molar-refractivity contribution in [2.45, 2.75) is 51.2 Å². The monoisotopic (exact) mass is 216 g/mol. The van der Waals surface area contributed by atoms with Crippen molar-refractivity contribution in [2.75, 3.05) is 13.2 Å². The molecule has 0 amide bonds. The second-order valence-corrected chi connectivity index (χ2v) is 5.07. The van der Waals surface area contributed by atoms with E-state index in [1.54, 1.807) is 0 Å². The van der Waals surface area contributed by atoms with Crippen molar-refractivity contribution in [2.24, 2.45) is 0 Å². The summed E-state index contributed by atoms with van der Waals surface area (Å²) in [5, 5.41) is 9.10. The third-order valence-corrected chi connectivity index (χ3v) is 2.47. The lowest BCUT2D eigenvalue weighted by Gasteiger charge is -2.39. The van der Waals surface area contributed by atoms with Crippen LogP contribution in [0.15, 0.2) is 0 Å². The van der Waals surface area contributed by atoms with Crippen LogP contribution in [0.2, 0.25) is 0 Å². The van der Waals surface area contributed by atoms with Gasteiger partial charge in [-0.3, -0.25) is 0 Å². The number of aliphatic hydroxyl groups excluding tert-OH is 1. The predicted octanol–water partition coefficient (Wildman–Crippen LogP) is 1.26. The van der Waals surface area contributed by atoms with Gasteiger partial charge in [0.15, 0.2) is 0 Å². The van der Waals surface area contributed by atoms with Gasteiger partial charge in [-0.05, 0) is 40.0 Å². The van der Waals surface area contributed by atoms with E-state index in [0.717, 1.165) is 19.3 Å². The van der Waals surface area contributed by atoms with Crippen LogP contribution in [0.4, 0.5) is 0 Å². The molecule has 0 aromatic heterocycles. The molecule has 0 aromatic rings. The van der Waals surface area contributed by atoms with Gasteiger partial charge in [0, 0.05) is 0 Å². The molecule has 0 unspecified atom stereocenters. The Labute approximate surface area is 90.6 Å². The van der Waals surface area contributed by atoms with Crippen LogP contribution in [-0.4, -0.2) is 35.5 Å². The van der Waals surface area contributed by atoms with E-state index in [4.69, 9.17) is 14.6 Å². The molecule has 0 radical (unpaired) electrons. The molecule has 1 aliphatic rings. The summed E-state index contributed by atoms with van der Waals surface area (Å²) in [7, 11) is 0. The van der Waals surface area contributed by atoms with Gasteiger partial charge in [-0.25, -0.2) is 4.79 Å². The van der Waals surface area contributed by atoms with Crippen LogP contribution >= 0.6 is 0 Å². The molecule has 0 aromatic carbocycles. The SMILES string of the molecule is CC(C)(C)OC(=O)COC1(CO)CCC1. The zero-order valence-electron chi connectivity index (χ0n) is 9.71. The number of hydrogen-bond donors (Lipinski definition) is 1. The molecule has 0 saturated heterocycles. The van der Waals surface area contributed by atoms with Crippen LogP contribution in [-0.2, 0) is 14.3 Å². The molecule has 15 heavy (non-hydrogen) atoms. The Morgan fingerprint density at radius 1 is 1.40 bits per heavy atom. The molecule has 0 aliphatic heterocycles. The lowest BCUT2D eigenvalue weighted by atomic mass is 9.81. The van der Waals surface area contributed by atoms with Gasteiger partial charge in [-0.2, -0.15) is 0 Å². The minimum atomic E-state index is -0.480. The third-order valence-electron chi connectivity index (χ3n) is 2.47. The van der Waals surface area contributed by atoms with Crippen LogP contribution in [0.3, 0.4) is 0 Å². The number of esters is 1. The zero-order valence-corrected chi connectivity index (χ0v) is 9.71. The van der Waals surface area contributed by atoms with Crippen molar-refractivity contribution in [3.8, 4) is 0 Å². The highest BCUT2D eigenvalue weighted by Gasteiger charge is 2.38. The van der Waals surface area contributed by atoms with Crippen LogP contribution in [0.1, 0.15) is 40.0 Å². The van der Waals surface area contributed by atoms with Crippen molar-refractivity contribution < 1.29 is 19.4 Å². The normalized spacial score (nSPS) is 19.5. The second-order valence-electron chi connectivity index (χ2n) is 5.07. The lowest BCUT2D eigenvalue weighted by molar-refractivity contribution is -0.178. The van der Waals surface area contributed by atoms with Gasteiger partial charge in [0.25, 0.3) is 0 Å². The largest absolute Gasteiger partial charge is 0.458 e. The zero-order chi connectivity index (χ0) is 11.5. The quantitative estimate of drug-likeness (QED) is 0.719. The fourth-order valence-corrected chi connectivity index (χ4v) is 1.50. The molecule has 1 fully saturated rings. The van der Waals surface area contributed by atoms with Crippen LogP contribution in [0.25, 0.3) is 0 Å². The molecule has 1 N–H and O–H groups in total.